The number of aromatic nitrogens is 6. The van der Waals surface area contributed by atoms with Crippen LogP contribution < -0.4 is 10.6 Å². The fourth-order valence-electron chi connectivity index (χ4n) is 4.99. The van der Waals surface area contributed by atoms with E-state index < -0.39 is 0 Å². The molecule has 4 aromatic rings. The predicted octanol–water partition coefficient (Wildman–Crippen LogP) is 4.22. The maximum atomic E-state index is 6.68. The normalized spacial score (nSPS) is 19.4. The van der Waals surface area contributed by atoms with Gasteiger partial charge in [-0.2, -0.15) is 0 Å². The van der Waals surface area contributed by atoms with Gasteiger partial charge in [-0.05, 0) is 42.4 Å². The fourth-order valence-corrected chi connectivity index (χ4v) is 6.32. The Hall–Kier alpha value is -2.46. The van der Waals surface area contributed by atoms with Crippen molar-refractivity contribution in [2.45, 2.75) is 35.1 Å². The van der Waals surface area contributed by atoms with Gasteiger partial charge in [0, 0.05) is 36.6 Å². The SMILES string of the molecule is N[C@@H]1c2ncccc2CC12CCN(c1ncc(Sc3ccnc(Cl)c3Cl)c3nncn13)CC2. The van der Waals surface area contributed by atoms with Crippen molar-refractivity contribution < 1.29 is 0 Å². The summed E-state index contributed by atoms with van der Waals surface area (Å²) in [7, 11) is 0. The number of halogens is 2. The van der Waals surface area contributed by atoms with Crippen LogP contribution in [0.3, 0.4) is 0 Å². The van der Waals surface area contributed by atoms with Gasteiger partial charge in [-0.25, -0.2) is 14.4 Å². The highest BCUT2D eigenvalue weighted by Gasteiger charge is 2.47. The van der Waals surface area contributed by atoms with Gasteiger partial charge in [0.05, 0.1) is 21.7 Å². The van der Waals surface area contributed by atoms with Crippen LogP contribution in [-0.4, -0.2) is 42.6 Å². The molecule has 4 aromatic heterocycles. The second kappa shape index (κ2) is 8.09. The number of piperidine rings is 1. The summed E-state index contributed by atoms with van der Waals surface area (Å²) in [4.78, 5) is 17.3. The Morgan fingerprint density at radius 3 is 2.73 bits per heavy atom. The Labute approximate surface area is 204 Å². The minimum Gasteiger partial charge on any atom is -0.342 e. The summed E-state index contributed by atoms with van der Waals surface area (Å²) in [6, 6.07) is 5.96. The van der Waals surface area contributed by atoms with Gasteiger partial charge in [-0.15, -0.1) is 10.2 Å². The molecule has 1 aliphatic heterocycles. The standard InChI is InChI=1S/C22H20Cl2N8S/c23-16-14(3-7-27-19(16)24)33-15-11-28-21(32-12-29-30-20(15)32)31-8-4-22(5-9-31)10-13-2-1-6-26-17(13)18(22)25/h1-3,6-7,11-12,18H,4-5,8-10,25H2/t18-/m1/s1. The third-order valence-corrected chi connectivity index (χ3v) is 8.72. The van der Waals surface area contributed by atoms with E-state index in [0.717, 1.165) is 59.4 Å². The molecule has 0 radical (unpaired) electrons. The van der Waals surface area contributed by atoms with Gasteiger partial charge in [-0.3, -0.25) is 4.98 Å². The van der Waals surface area contributed by atoms with Crippen LogP contribution in [0.15, 0.2) is 52.9 Å². The molecule has 2 aliphatic rings. The average molecular weight is 499 g/mol. The van der Waals surface area contributed by atoms with Crippen molar-refractivity contribution in [1.29, 1.82) is 0 Å². The highest BCUT2D eigenvalue weighted by molar-refractivity contribution is 7.99. The van der Waals surface area contributed by atoms with Gasteiger partial charge >= 0.3 is 0 Å². The number of hydrogen-bond acceptors (Lipinski definition) is 8. The molecule has 0 unspecified atom stereocenters. The molecule has 1 fully saturated rings. The van der Waals surface area contributed by atoms with Crippen molar-refractivity contribution >= 4 is 46.6 Å². The number of nitrogens with two attached hydrogens (primary N) is 1. The molecule has 11 heteroatoms. The molecule has 8 nitrogen and oxygen atoms in total. The van der Waals surface area contributed by atoms with Gasteiger partial charge in [0.25, 0.3) is 0 Å². The first kappa shape index (κ1) is 21.1. The van der Waals surface area contributed by atoms with Crippen molar-refractivity contribution in [3.63, 3.8) is 0 Å². The van der Waals surface area contributed by atoms with E-state index in [1.807, 2.05) is 28.9 Å². The summed E-state index contributed by atoms with van der Waals surface area (Å²) in [5, 5.41) is 9.16. The van der Waals surface area contributed by atoms with Crippen molar-refractivity contribution in [3.8, 4) is 0 Å². The van der Waals surface area contributed by atoms with Crippen LogP contribution in [0.5, 0.6) is 0 Å². The van der Waals surface area contributed by atoms with Crippen LogP contribution in [0.2, 0.25) is 10.2 Å². The van der Waals surface area contributed by atoms with Gasteiger partial charge in [0.15, 0.2) is 5.65 Å². The van der Waals surface area contributed by atoms with E-state index in [4.69, 9.17) is 33.9 Å². The van der Waals surface area contributed by atoms with Crippen LogP contribution in [0.25, 0.3) is 5.65 Å². The first-order valence-corrected chi connectivity index (χ1v) is 12.2. The summed E-state index contributed by atoms with van der Waals surface area (Å²) < 4.78 is 1.93. The quantitative estimate of drug-likeness (QED) is 0.419. The summed E-state index contributed by atoms with van der Waals surface area (Å²) in [5.74, 6) is 0.829. The lowest BCUT2D eigenvalue weighted by Crippen LogP contribution is -2.45. The highest BCUT2D eigenvalue weighted by atomic mass is 35.5. The lowest BCUT2D eigenvalue weighted by molar-refractivity contribution is 0.185. The second-order valence-electron chi connectivity index (χ2n) is 8.51. The first-order chi connectivity index (χ1) is 16.1. The lowest BCUT2D eigenvalue weighted by Gasteiger charge is -2.42. The minimum atomic E-state index is -0.0190. The van der Waals surface area contributed by atoms with Crippen molar-refractivity contribution in [1.82, 2.24) is 29.5 Å². The molecular weight excluding hydrogens is 479 g/mol. The zero-order valence-corrected chi connectivity index (χ0v) is 19.9. The zero-order valence-electron chi connectivity index (χ0n) is 17.5. The topological polar surface area (TPSA) is 98.1 Å². The predicted molar refractivity (Wildman–Crippen MR) is 128 cm³/mol. The molecule has 0 saturated carbocycles. The number of fused-ring (bicyclic) bond motifs is 2. The molecule has 6 rings (SSSR count). The maximum Gasteiger partial charge on any atom is 0.212 e. The molecule has 33 heavy (non-hydrogen) atoms. The third kappa shape index (κ3) is 3.45. The molecule has 0 bridgehead atoms. The Bertz CT molecular complexity index is 1350. The van der Waals surface area contributed by atoms with Crippen LogP contribution >= 0.6 is 35.0 Å². The number of nitrogens with zero attached hydrogens (tertiary/aromatic N) is 7. The summed E-state index contributed by atoms with van der Waals surface area (Å²) >= 11 is 13.8. The molecule has 1 aliphatic carbocycles. The summed E-state index contributed by atoms with van der Waals surface area (Å²) in [5.41, 5.74) is 9.81. The van der Waals surface area contributed by atoms with E-state index in [0.29, 0.717) is 5.02 Å². The molecule has 1 spiro atoms. The molecular formula is C22H20Cl2N8S. The highest BCUT2D eigenvalue weighted by Crippen LogP contribution is 2.50. The number of anilines is 1. The second-order valence-corrected chi connectivity index (χ2v) is 10.3. The number of hydrogen-bond donors (Lipinski definition) is 1. The molecule has 1 saturated heterocycles. The Kier molecular flexibility index (Phi) is 5.17. The van der Waals surface area contributed by atoms with E-state index in [-0.39, 0.29) is 16.6 Å². The number of pyridine rings is 2. The van der Waals surface area contributed by atoms with Crippen LogP contribution in [0.4, 0.5) is 5.95 Å². The molecule has 5 heterocycles. The average Bonchev–Trinajstić information content (AvgIpc) is 3.42. The Morgan fingerprint density at radius 2 is 1.91 bits per heavy atom. The Balaban J connectivity index is 1.25. The smallest absolute Gasteiger partial charge is 0.212 e. The molecule has 0 amide bonds. The van der Waals surface area contributed by atoms with Crippen LogP contribution in [0.1, 0.15) is 30.1 Å². The molecule has 1 atom stereocenters. The molecule has 2 N–H and O–H groups in total. The van der Waals surface area contributed by atoms with Crippen molar-refractivity contribution in [2.24, 2.45) is 11.1 Å². The van der Waals surface area contributed by atoms with Crippen molar-refractivity contribution in [2.75, 3.05) is 18.0 Å². The van der Waals surface area contributed by atoms with Crippen LogP contribution in [-0.2, 0) is 6.42 Å². The molecule has 0 aromatic carbocycles. The van der Waals surface area contributed by atoms with E-state index in [2.05, 4.69) is 31.1 Å². The number of rotatable bonds is 3. The summed E-state index contributed by atoms with van der Waals surface area (Å²) in [6.45, 7) is 1.72. The van der Waals surface area contributed by atoms with Gasteiger partial charge in [0.1, 0.15) is 11.5 Å². The largest absolute Gasteiger partial charge is 0.342 e. The fraction of sp³-hybridized carbons (Fsp3) is 0.318. The van der Waals surface area contributed by atoms with E-state index in [1.165, 1.54) is 17.3 Å². The van der Waals surface area contributed by atoms with Crippen molar-refractivity contribution in [3.05, 3.63) is 64.6 Å². The van der Waals surface area contributed by atoms with Gasteiger partial charge in [0.2, 0.25) is 5.95 Å². The van der Waals surface area contributed by atoms with E-state index in [9.17, 15) is 0 Å². The van der Waals surface area contributed by atoms with Gasteiger partial charge < -0.3 is 10.6 Å². The Morgan fingerprint density at radius 1 is 1.06 bits per heavy atom. The third-order valence-electron chi connectivity index (χ3n) is 6.78. The summed E-state index contributed by atoms with van der Waals surface area (Å²) in [6.07, 6.45) is 9.95. The lowest BCUT2D eigenvalue weighted by atomic mass is 9.73. The minimum absolute atomic E-state index is 0.0190. The monoisotopic (exact) mass is 498 g/mol. The van der Waals surface area contributed by atoms with E-state index >= 15 is 0 Å². The molecule has 168 valence electrons. The zero-order chi connectivity index (χ0) is 22.6. The van der Waals surface area contributed by atoms with Crippen LogP contribution in [0, 0.1) is 5.41 Å². The van der Waals surface area contributed by atoms with E-state index in [1.54, 1.807) is 12.5 Å². The van der Waals surface area contributed by atoms with Gasteiger partial charge in [-0.1, -0.05) is 41.0 Å². The maximum absolute atomic E-state index is 6.68. The first-order valence-electron chi connectivity index (χ1n) is 10.7.